The van der Waals surface area contributed by atoms with Gasteiger partial charge in [-0.25, -0.2) is 13.1 Å². The van der Waals surface area contributed by atoms with Gasteiger partial charge in [0.1, 0.15) is 5.75 Å². The van der Waals surface area contributed by atoms with Crippen molar-refractivity contribution in [3.63, 3.8) is 0 Å². The number of para-hydroxylation sites is 1. The molecule has 28 heavy (non-hydrogen) atoms. The summed E-state index contributed by atoms with van der Waals surface area (Å²) in [6, 6.07) is 22.7. The van der Waals surface area contributed by atoms with Crippen LogP contribution in [0.15, 0.2) is 83.8 Å². The first-order valence-corrected chi connectivity index (χ1v) is 10.4. The molecule has 144 valence electrons. The number of carbonyl (C=O) groups excluding carboxylic acids is 1. The summed E-state index contributed by atoms with van der Waals surface area (Å²) in [5.74, 6) is -0.227. The van der Waals surface area contributed by atoms with E-state index >= 15 is 0 Å². The Morgan fingerprint density at radius 3 is 2.25 bits per heavy atom. The van der Waals surface area contributed by atoms with E-state index in [-0.39, 0.29) is 4.90 Å². The summed E-state index contributed by atoms with van der Waals surface area (Å²) in [7, 11) is -3.98. The number of halogens is 1. The summed E-state index contributed by atoms with van der Waals surface area (Å²) in [5, 5.41) is 0.406. The number of hydrogen-bond acceptors (Lipinski definition) is 4. The molecule has 3 aromatic carbocycles. The molecule has 0 bridgehead atoms. The molecule has 3 rings (SSSR count). The molecule has 0 radical (unpaired) electrons. The summed E-state index contributed by atoms with van der Waals surface area (Å²) >= 11 is 5.76. The lowest BCUT2D eigenvalue weighted by Gasteiger charge is -2.12. The topological polar surface area (TPSA) is 72.5 Å². The number of benzene rings is 3. The van der Waals surface area contributed by atoms with Crippen molar-refractivity contribution >= 4 is 27.5 Å². The zero-order valence-electron chi connectivity index (χ0n) is 14.8. The van der Waals surface area contributed by atoms with Crippen LogP contribution in [0.3, 0.4) is 0 Å². The van der Waals surface area contributed by atoms with E-state index in [1.807, 2.05) is 47.2 Å². The van der Waals surface area contributed by atoms with Crippen molar-refractivity contribution < 1.29 is 17.9 Å². The molecule has 1 N–H and O–H groups in total. The lowest BCUT2D eigenvalue weighted by Crippen LogP contribution is -2.34. The van der Waals surface area contributed by atoms with Crippen LogP contribution in [0.1, 0.15) is 11.1 Å². The Morgan fingerprint density at radius 2 is 1.54 bits per heavy atom. The third kappa shape index (κ3) is 5.34. The first kappa shape index (κ1) is 19.9. The van der Waals surface area contributed by atoms with Gasteiger partial charge in [0, 0.05) is 11.4 Å². The summed E-state index contributed by atoms with van der Waals surface area (Å²) in [5.41, 5.74) is 2.01. The highest BCUT2D eigenvalue weighted by Crippen LogP contribution is 2.21. The number of nitrogens with one attached hydrogen (secondary N) is 1. The largest absolute Gasteiger partial charge is 0.483 e. The third-order valence-corrected chi connectivity index (χ3v) is 5.58. The van der Waals surface area contributed by atoms with E-state index in [9.17, 15) is 13.2 Å². The number of carbonyl (C=O) groups is 1. The van der Waals surface area contributed by atoms with E-state index < -0.39 is 22.5 Å². The maximum atomic E-state index is 12.2. The average Bonchev–Trinajstić information content (AvgIpc) is 2.68. The highest BCUT2D eigenvalue weighted by atomic mass is 35.5. The first-order valence-electron chi connectivity index (χ1n) is 8.50. The Labute approximate surface area is 169 Å². The summed E-state index contributed by atoms with van der Waals surface area (Å²) in [6.45, 7) is -0.418. The van der Waals surface area contributed by atoms with Gasteiger partial charge in [-0.15, -0.1) is 0 Å². The molecule has 3 aromatic rings. The Kier molecular flexibility index (Phi) is 6.34. The fraction of sp³-hybridized carbons (Fsp3) is 0.0952. The molecule has 0 aliphatic carbocycles. The van der Waals surface area contributed by atoms with Crippen LogP contribution in [0, 0.1) is 0 Å². The maximum Gasteiger partial charge on any atom is 0.271 e. The number of sulfonamides is 1. The van der Waals surface area contributed by atoms with Crippen LogP contribution in [0.4, 0.5) is 0 Å². The van der Waals surface area contributed by atoms with E-state index in [0.717, 1.165) is 11.1 Å². The van der Waals surface area contributed by atoms with Gasteiger partial charge in [0.05, 0.1) is 4.90 Å². The Balaban J connectivity index is 1.64. The Hall–Kier alpha value is -2.83. The summed E-state index contributed by atoms with van der Waals surface area (Å²) in [6.07, 6.45) is 0.641. The Morgan fingerprint density at radius 1 is 0.893 bits per heavy atom. The number of ether oxygens (including phenoxy) is 1. The molecule has 7 heteroatoms. The molecule has 0 aliphatic heterocycles. The van der Waals surface area contributed by atoms with Crippen molar-refractivity contribution in [2.75, 3.05) is 6.61 Å². The lowest BCUT2D eigenvalue weighted by atomic mass is 10.0. The van der Waals surface area contributed by atoms with E-state index in [0.29, 0.717) is 17.2 Å². The van der Waals surface area contributed by atoms with Crippen LogP contribution in [0.5, 0.6) is 5.75 Å². The first-order chi connectivity index (χ1) is 13.4. The maximum absolute atomic E-state index is 12.2. The molecule has 0 fully saturated rings. The third-order valence-electron chi connectivity index (χ3n) is 3.94. The van der Waals surface area contributed by atoms with Gasteiger partial charge < -0.3 is 4.74 Å². The fourth-order valence-electron chi connectivity index (χ4n) is 2.60. The van der Waals surface area contributed by atoms with Crippen molar-refractivity contribution in [1.82, 2.24) is 4.72 Å². The van der Waals surface area contributed by atoms with Gasteiger partial charge in [0.15, 0.2) is 6.61 Å². The molecule has 0 unspecified atom stereocenters. The molecule has 0 spiro atoms. The van der Waals surface area contributed by atoms with Gasteiger partial charge in [0.25, 0.3) is 15.9 Å². The van der Waals surface area contributed by atoms with Gasteiger partial charge >= 0.3 is 0 Å². The lowest BCUT2D eigenvalue weighted by molar-refractivity contribution is -0.121. The van der Waals surface area contributed by atoms with Gasteiger partial charge in [-0.3, -0.25) is 4.79 Å². The highest BCUT2D eigenvalue weighted by Gasteiger charge is 2.18. The molecule has 5 nitrogen and oxygen atoms in total. The number of hydrogen-bond donors (Lipinski definition) is 1. The monoisotopic (exact) mass is 415 g/mol. The quantitative estimate of drug-likeness (QED) is 0.636. The van der Waals surface area contributed by atoms with Crippen LogP contribution >= 0.6 is 11.6 Å². The van der Waals surface area contributed by atoms with Crippen molar-refractivity contribution in [2.24, 2.45) is 0 Å². The minimum absolute atomic E-state index is 0.0465. The van der Waals surface area contributed by atoms with E-state index in [4.69, 9.17) is 16.3 Å². The predicted octanol–water partition coefficient (Wildman–Crippen LogP) is 3.81. The standard InChI is InChI=1S/C21H18ClNO4S/c22-18-10-12-19(13-11-18)28(25,26)23-21(24)15-27-20-9-5-4-8-17(20)14-16-6-2-1-3-7-16/h1-13H,14-15H2,(H,23,24). The van der Waals surface area contributed by atoms with Crippen molar-refractivity contribution in [1.29, 1.82) is 0 Å². The van der Waals surface area contributed by atoms with Crippen molar-refractivity contribution in [3.8, 4) is 5.75 Å². The smallest absolute Gasteiger partial charge is 0.271 e. The van der Waals surface area contributed by atoms with Crippen LogP contribution in [-0.4, -0.2) is 20.9 Å². The van der Waals surface area contributed by atoms with Gasteiger partial charge in [-0.1, -0.05) is 60.1 Å². The molecular weight excluding hydrogens is 398 g/mol. The predicted molar refractivity (Wildman–Crippen MR) is 108 cm³/mol. The van der Waals surface area contributed by atoms with E-state index in [1.165, 1.54) is 24.3 Å². The van der Waals surface area contributed by atoms with Crippen molar-refractivity contribution in [3.05, 3.63) is 95.0 Å². The SMILES string of the molecule is O=C(COc1ccccc1Cc1ccccc1)NS(=O)(=O)c1ccc(Cl)cc1. The zero-order valence-corrected chi connectivity index (χ0v) is 16.4. The average molecular weight is 416 g/mol. The molecule has 0 atom stereocenters. The molecule has 0 heterocycles. The minimum atomic E-state index is -3.98. The minimum Gasteiger partial charge on any atom is -0.483 e. The molecule has 0 saturated heterocycles. The fourth-order valence-corrected chi connectivity index (χ4v) is 3.70. The normalized spacial score (nSPS) is 11.0. The molecule has 0 aromatic heterocycles. The van der Waals surface area contributed by atoms with Gasteiger partial charge in [-0.05, 0) is 41.5 Å². The van der Waals surface area contributed by atoms with Crippen LogP contribution < -0.4 is 9.46 Å². The van der Waals surface area contributed by atoms with Crippen LogP contribution in [0.2, 0.25) is 5.02 Å². The molecule has 0 aliphatic rings. The summed E-state index contributed by atoms with van der Waals surface area (Å²) < 4.78 is 32.1. The number of rotatable bonds is 7. The van der Waals surface area contributed by atoms with Gasteiger partial charge in [0.2, 0.25) is 0 Å². The molecular formula is C21H18ClNO4S. The highest BCUT2D eigenvalue weighted by molar-refractivity contribution is 7.90. The van der Waals surface area contributed by atoms with E-state index in [2.05, 4.69) is 0 Å². The number of amides is 1. The van der Waals surface area contributed by atoms with Gasteiger partial charge in [-0.2, -0.15) is 0 Å². The molecule has 0 saturated carbocycles. The zero-order chi connectivity index (χ0) is 20.0. The van der Waals surface area contributed by atoms with Crippen LogP contribution in [-0.2, 0) is 21.2 Å². The summed E-state index contributed by atoms with van der Waals surface area (Å²) in [4.78, 5) is 12.1. The van der Waals surface area contributed by atoms with Crippen molar-refractivity contribution in [2.45, 2.75) is 11.3 Å². The van der Waals surface area contributed by atoms with Crippen LogP contribution in [0.25, 0.3) is 0 Å². The Bertz CT molecular complexity index is 1050. The second-order valence-electron chi connectivity index (χ2n) is 6.04. The van der Waals surface area contributed by atoms with E-state index in [1.54, 1.807) is 12.1 Å². The second kappa shape index (κ2) is 8.91. The second-order valence-corrected chi connectivity index (χ2v) is 8.16. The molecule has 1 amide bonds.